The molecule has 0 aliphatic carbocycles. The molecule has 0 bridgehead atoms. The topological polar surface area (TPSA) is 107 Å². The van der Waals surface area contributed by atoms with Gasteiger partial charge in [-0.3, -0.25) is 4.79 Å². The van der Waals surface area contributed by atoms with Crippen LogP contribution in [0.3, 0.4) is 0 Å². The summed E-state index contributed by atoms with van der Waals surface area (Å²) in [6.45, 7) is 11.8. The number of amides is 1. The molecule has 1 aromatic carbocycles. The number of hydrogen-bond acceptors (Lipinski definition) is 5. The number of carboxylic acids is 1. The molecule has 0 aromatic heterocycles. The molecule has 0 saturated carbocycles. The second kappa shape index (κ2) is 10.4. The molecule has 0 radical (unpaired) electrons. The van der Waals surface area contributed by atoms with Gasteiger partial charge in [-0.05, 0) is 65.4 Å². The number of ether oxygens (including phenoxy) is 1. The van der Waals surface area contributed by atoms with Crippen LogP contribution in [0.1, 0.15) is 88.7 Å². The smallest absolute Gasteiger partial charge is 0.326 e. The Kier molecular flexibility index (Phi) is 8.00. The quantitative estimate of drug-likeness (QED) is 0.426. The van der Waals surface area contributed by atoms with Gasteiger partial charge in [-0.2, -0.15) is 0 Å². The van der Waals surface area contributed by atoms with E-state index in [2.05, 4.69) is 32.9 Å². The van der Waals surface area contributed by atoms with Gasteiger partial charge in [-0.1, -0.05) is 37.1 Å². The fourth-order valence-electron chi connectivity index (χ4n) is 5.02. The Hall–Kier alpha value is -2.80. The first kappa shape index (κ1) is 26.8. The average molecular weight is 486 g/mol. The summed E-state index contributed by atoms with van der Waals surface area (Å²) in [4.78, 5) is 26.3. The summed E-state index contributed by atoms with van der Waals surface area (Å²) in [6, 6.07) is 0.403. The Morgan fingerprint density at radius 3 is 2.51 bits per heavy atom. The molecule has 35 heavy (non-hydrogen) atoms. The summed E-state index contributed by atoms with van der Waals surface area (Å²) in [5.41, 5.74) is 3.01. The molecule has 0 saturated heterocycles. The second-order valence-corrected chi connectivity index (χ2v) is 10.7. The third kappa shape index (κ3) is 5.56. The Labute approximate surface area is 208 Å². The predicted molar refractivity (Wildman–Crippen MR) is 135 cm³/mol. The van der Waals surface area contributed by atoms with Gasteiger partial charge in [0.2, 0.25) is 0 Å². The lowest BCUT2D eigenvalue weighted by Gasteiger charge is -2.41. The summed E-state index contributed by atoms with van der Waals surface area (Å²) in [6.07, 6.45) is 7.04. The number of phenols is 1. The molecule has 7 nitrogen and oxygen atoms in total. The minimum Gasteiger partial charge on any atom is -0.508 e. The van der Waals surface area contributed by atoms with Crippen LogP contribution in [0.15, 0.2) is 29.4 Å². The van der Waals surface area contributed by atoms with E-state index in [1.54, 1.807) is 13.8 Å². The average Bonchev–Trinajstić information content (AvgIpc) is 3.05. The molecule has 2 aliphatic rings. The fraction of sp³-hybridized carbons (Fsp3) is 0.571. The van der Waals surface area contributed by atoms with Crippen molar-refractivity contribution in [2.24, 2.45) is 5.92 Å². The number of hydrogen-bond donors (Lipinski definition) is 3. The molecule has 2 heterocycles. The molecular formula is C28H39NO6. The van der Waals surface area contributed by atoms with E-state index < -0.39 is 29.6 Å². The van der Waals surface area contributed by atoms with Gasteiger partial charge in [-0.15, -0.1) is 0 Å². The number of rotatable bonds is 9. The van der Waals surface area contributed by atoms with Crippen molar-refractivity contribution in [3.8, 4) is 11.5 Å². The van der Waals surface area contributed by atoms with Crippen molar-refractivity contribution >= 4 is 11.9 Å². The van der Waals surface area contributed by atoms with Gasteiger partial charge in [0, 0.05) is 17.5 Å². The molecule has 0 fully saturated rings. The lowest BCUT2D eigenvalue weighted by Crippen LogP contribution is -2.49. The zero-order chi connectivity index (χ0) is 26.1. The number of fused-ring (bicyclic) bond motifs is 3. The fourth-order valence-corrected chi connectivity index (χ4v) is 5.02. The number of aliphatic carboxylic acids is 1. The van der Waals surface area contributed by atoms with Crippen LogP contribution in [0.25, 0.3) is 0 Å². The highest BCUT2D eigenvalue weighted by Gasteiger charge is 2.46. The minimum absolute atomic E-state index is 0.0987. The van der Waals surface area contributed by atoms with Crippen LogP contribution >= 0.6 is 0 Å². The van der Waals surface area contributed by atoms with E-state index in [0.29, 0.717) is 23.3 Å². The summed E-state index contributed by atoms with van der Waals surface area (Å²) in [5.74, 6) is -1.48. The number of phenolic OH excluding ortho intramolecular Hbond substituents is 1. The van der Waals surface area contributed by atoms with Crippen molar-refractivity contribution in [1.82, 2.24) is 4.90 Å². The maximum absolute atomic E-state index is 13.1. The third-order valence-electron chi connectivity index (χ3n) is 7.17. The summed E-state index contributed by atoms with van der Waals surface area (Å²) in [5, 5.41) is 31.3. The number of aliphatic hydroxyl groups is 1. The number of allylic oxidation sites excluding steroid dienone is 4. The van der Waals surface area contributed by atoms with Gasteiger partial charge >= 0.3 is 5.97 Å². The maximum Gasteiger partial charge on any atom is 0.326 e. The van der Waals surface area contributed by atoms with Crippen LogP contribution in [0, 0.1) is 5.92 Å². The van der Waals surface area contributed by atoms with Crippen LogP contribution in [-0.2, 0) is 17.8 Å². The zero-order valence-electron chi connectivity index (χ0n) is 21.7. The summed E-state index contributed by atoms with van der Waals surface area (Å²) in [7, 11) is 0. The molecule has 2 aliphatic heterocycles. The first-order valence-electron chi connectivity index (χ1n) is 12.4. The first-order valence-corrected chi connectivity index (χ1v) is 12.4. The van der Waals surface area contributed by atoms with Crippen LogP contribution in [0.4, 0.5) is 0 Å². The zero-order valence-corrected chi connectivity index (χ0v) is 21.7. The Bertz CT molecular complexity index is 1050. The van der Waals surface area contributed by atoms with E-state index in [4.69, 9.17) is 4.74 Å². The van der Waals surface area contributed by atoms with Gasteiger partial charge in [0.1, 0.15) is 23.1 Å². The van der Waals surface area contributed by atoms with E-state index in [0.717, 1.165) is 19.3 Å². The first-order chi connectivity index (χ1) is 16.4. The largest absolute Gasteiger partial charge is 0.508 e. The normalized spacial score (nSPS) is 22.5. The molecule has 3 rings (SSSR count). The van der Waals surface area contributed by atoms with E-state index in [9.17, 15) is 24.9 Å². The number of nitrogens with zero attached hydrogens (tertiary/aromatic N) is 1. The SMILES string of the molecule is CC(C)=CCC/C(C)=C/CC[C@@]1(C)Oc2c(c(O)cc3c2CN([C@@H](C(=O)O)C(C)C)C3=O)C[C@H]1O. The van der Waals surface area contributed by atoms with Gasteiger partial charge in [0.15, 0.2) is 0 Å². The van der Waals surface area contributed by atoms with Crippen molar-refractivity contribution < 1.29 is 29.6 Å². The van der Waals surface area contributed by atoms with Gasteiger partial charge in [0.05, 0.1) is 18.2 Å². The van der Waals surface area contributed by atoms with Gasteiger partial charge < -0.3 is 25.0 Å². The number of carbonyl (C=O) groups is 2. The van der Waals surface area contributed by atoms with Crippen molar-refractivity contribution in [1.29, 1.82) is 0 Å². The Morgan fingerprint density at radius 1 is 1.23 bits per heavy atom. The summed E-state index contributed by atoms with van der Waals surface area (Å²) >= 11 is 0. The second-order valence-electron chi connectivity index (χ2n) is 10.7. The standard InChI is InChI=1S/C28H39NO6/c1-16(2)9-7-10-18(5)11-8-12-28(6)23(31)14-20-22(30)13-19-21(25(20)35-28)15-29(26(19)32)24(17(3)4)27(33)34/h9,11,13,17,23-24,30-31H,7-8,10,12,14-15H2,1-6H3,(H,33,34)/b18-11+/t23-,24-,28-/m1/s1. The van der Waals surface area contributed by atoms with E-state index >= 15 is 0 Å². The van der Waals surface area contributed by atoms with Crippen molar-refractivity contribution in [3.05, 3.63) is 46.1 Å². The molecular weight excluding hydrogens is 446 g/mol. The third-order valence-corrected chi connectivity index (χ3v) is 7.17. The summed E-state index contributed by atoms with van der Waals surface area (Å²) < 4.78 is 6.37. The van der Waals surface area contributed by atoms with Crippen LogP contribution < -0.4 is 4.74 Å². The van der Waals surface area contributed by atoms with E-state index in [-0.39, 0.29) is 30.2 Å². The van der Waals surface area contributed by atoms with Crippen molar-refractivity contribution in [3.63, 3.8) is 0 Å². The molecule has 0 unspecified atom stereocenters. The molecule has 0 spiro atoms. The van der Waals surface area contributed by atoms with Crippen molar-refractivity contribution in [2.45, 2.75) is 97.9 Å². The van der Waals surface area contributed by atoms with Gasteiger partial charge in [-0.25, -0.2) is 4.79 Å². The molecule has 3 atom stereocenters. The highest BCUT2D eigenvalue weighted by molar-refractivity contribution is 6.02. The molecule has 7 heteroatoms. The van der Waals surface area contributed by atoms with E-state index in [1.165, 1.54) is 22.1 Å². The number of benzene rings is 1. The number of aromatic hydroxyl groups is 1. The number of aliphatic hydroxyl groups excluding tert-OH is 1. The Morgan fingerprint density at radius 2 is 1.91 bits per heavy atom. The van der Waals surface area contributed by atoms with Crippen LogP contribution in [-0.4, -0.2) is 49.8 Å². The van der Waals surface area contributed by atoms with Gasteiger partial charge in [0.25, 0.3) is 5.91 Å². The molecule has 1 amide bonds. The van der Waals surface area contributed by atoms with Crippen molar-refractivity contribution in [2.75, 3.05) is 0 Å². The Balaban J connectivity index is 1.84. The predicted octanol–water partition coefficient (Wildman–Crippen LogP) is 4.98. The molecule has 3 N–H and O–H groups in total. The highest BCUT2D eigenvalue weighted by Crippen LogP contribution is 2.46. The lowest BCUT2D eigenvalue weighted by atomic mass is 9.84. The monoisotopic (exact) mass is 485 g/mol. The van der Waals surface area contributed by atoms with Crippen LogP contribution in [0.5, 0.6) is 11.5 Å². The number of carbonyl (C=O) groups excluding carboxylic acids is 1. The molecule has 192 valence electrons. The lowest BCUT2D eigenvalue weighted by molar-refractivity contribution is -0.144. The molecule has 1 aromatic rings. The number of carboxylic acid groups (broad SMARTS) is 1. The van der Waals surface area contributed by atoms with E-state index in [1.807, 2.05) is 6.92 Å². The van der Waals surface area contributed by atoms with Crippen LogP contribution in [0.2, 0.25) is 0 Å². The maximum atomic E-state index is 13.1. The minimum atomic E-state index is -1.06. The highest BCUT2D eigenvalue weighted by atomic mass is 16.5.